The molecule has 0 aliphatic heterocycles. The molecule has 5 nitrogen and oxygen atoms in total. The lowest BCUT2D eigenvalue weighted by atomic mass is 10.0. The number of carbonyl (C=O) groups excluding carboxylic acids is 1. The number of aromatic nitrogens is 1. The zero-order chi connectivity index (χ0) is 23.4. The van der Waals surface area contributed by atoms with Crippen LogP contribution in [0.15, 0.2) is 72.9 Å². The number of aryl methyl sites for hydroxylation is 1. The van der Waals surface area contributed by atoms with Gasteiger partial charge in [0, 0.05) is 42.3 Å². The van der Waals surface area contributed by atoms with E-state index in [-0.39, 0.29) is 6.09 Å². The van der Waals surface area contributed by atoms with Crippen molar-refractivity contribution in [1.82, 2.24) is 9.47 Å². The molecule has 0 saturated heterocycles. The third-order valence-corrected chi connectivity index (χ3v) is 5.95. The summed E-state index contributed by atoms with van der Waals surface area (Å²) in [6.45, 7) is 7.97. The zero-order valence-corrected chi connectivity index (χ0v) is 19.7. The Kier molecular flexibility index (Phi) is 6.68. The Morgan fingerprint density at radius 3 is 2.39 bits per heavy atom. The summed E-state index contributed by atoms with van der Waals surface area (Å²) in [6, 6.07) is 22.4. The van der Waals surface area contributed by atoms with Gasteiger partial charge in [-0.15, -0.1) is 0 Å². The van der Waals surface area contributed by atoms with E-state index in [2.05, 4.69) is 48.0 Å². The number of amides is 1. The van der Waals surface area contributed by atoms with Gasteiger partial charge in [0.25, 0.3) is 0 Å². The van der Waals surface area contributed by atoms with Crippen LogP contribution in [0, 0.1) is 6.92 Å². The third kappa shape index (κ3) is 4.72. The normalized spacial score (nSPS) is 10.9. The number of nitrogens with zero attached hydrogens (tertiary/aromatic N) is 2. The number of benzene rings is 3. The van der Waals surface area contributed by atoms with Gasteiger partial charge in [0.05, 0.1) is 7.11 Å². The summed E-state index contributed by atoms with van der Waals surface area (Å²) in [5.41, 5.74) is 5.45. The van der Waals surface area contributed by atoms with Crippen LogP contribution in [-0.2, 0) is 6.54 Å². The standard InChI is InChI=1S/C28H30N2O3/c1-5-29(6-2)28(31)33-26-15-14-25-24(27(26)22-10-12-23(32-4)13-11-22)16-17-30(25)19-21-9-7-8-20(3)18-21/h7-18H,5-6,19H2,1-4H3. The van der Waals surface area contributed by atoms with E-state index in [1.165, 1.54) is 11.1 Å². The van der Waals surface area contributed by atoms with Crippen molar-refractivity contribution < 1.29 is 14.3 Å². The maximum absolute atomic E-state index is 12.8. The largest absolute Gasteiger partial charge is 0.497 e. The third-order valence-electron chi connectivity index (χ3n) is 5.95. The van der Waals surface area contributed by atoms with E-state index < -0.39 is 0 Å². The van der Waals surface area contributed by atoms with Crippen LogP contribution in [0.5, 0.6) is 11.5 Å². The van der Waals surface area contributed by atoms with Crippen molar-refractivity contribution in [2.75, 3.05) is 20.2 Å². The van der Waals surface area contributed by atoms with E-state index in [0.717, 1.165) is 34.3 Å². The van der Waals surface area contributed by atoms with Gasteiger partial charge in [-0.2, -0.15) is 0 Å². The quantitative estimate of drug-likeness (QED) is 0.327. The molecule has 1 amide bonds. The molecular formula is C28H30N2O3. The van der Waals surface area contributed by atoms with Gasteiger partial charge < -0.3 is 18.9 Å². The second-order valence-corrected chi connectivity index (χ2v) is 8.07. The molecule has 0 aliphatic carbocycles. The number of hydrogen-bond acceptors (Lipinski definition) is 3. The molecule has 4 rings (SSSR count). The van der Waals surface area contributed by atoms with Crippen LogP contribution < -0.4 is 9.47 Å². The van der Waals surface area contributed by atoms with Gasteiger partial charge in [0.1, 0.15) is 11.5 Å². The summed E-state index contributed by atoms with van der Waals surface area (Å²) in [5.74, 6) is 1.34. The molecule has 0 saturated carbocycles. The van der Waals surface area contributed by atoms with Crippen molar-refractivity contribution in [2.24, 2.45) is 0 Å². The van der Waals surface area contributed by atoms with Crippen molar-refractivity contribution in [2.45, 2.75) is 27.3 Å². The molecule has 1 aromatic heterocycles. The van der Waals surface area contributed by atoms with Gasteiger partial charge in [-0.25, -0.2) is 4.79 Å². The molecule has 5 heteroatoms. The zero-order valence-electron chi connectivity index (χ0n) is 19.7. The van der Waals surface area contributed by atoms with Crippen LogP contribution in [0.1, 0.15) is 25.0 Å². The van der Waals surface area contributed by atoms with Crippen molar-refractivity contribution in [3.8, 4) is 22.6 Å². The first-order valence-electron chi connectivity index (χ1n) is 11.3. The molecule has 1 heterocycles. The molecule has 0 spiro atoms. The highest BCUT2D eigenvalue weighted by Crippen LogP contribution is 2.39. The minimum absolute atomic E-state index is 0.340. The fourth-order valence-electron chi connectivity index (χ4n) is 4.18. The van der Waals surface area contributed by atoms with Crippen LogP contribution in [0.25, 0.3) is 22.0 Å². The monoisotopic (exact) mass is 442 g/mol. The predicted octanol–water partition coefficient (Wildman–Crippen LogP) is 6.51. The maximum atomic E-state index is 12.8. The number of ether oxygens (including phenoxy) is 2. The van der Waals surface area contributed by atoms with Crippen molar-refractivity contribution in [1.29, 1.82) is 0 Å². The average molecular weight is 443 g/mol. The summed E-state index contributed by atoms with van der Waals surface area (Å²) in [6.07, 6.45) is 1.75. The predicted molar refractivity (Wildman–Crippen MR) is 133 cm³/mol. The molecule has 4 aromatic rings. The van der Waals surface area contributed by atoms with Gasteiger partial charge in [-0.1, -0.05) is 42.0 Å². The summed E-state index contributed by atoms with van der Waals surface area (Å²) in [5, 5.41) is 1.04. The molecule has 0 radical (unpaired) electrons. The SMILES string of the molecule is CCN(CC)C(=O)Oc1ccc2c(ccn2Cc2cccc(C)c2)c1-c1ccc(OC)cc1. The Morgan fingerprint density at radius 2 is 1.73 bits per heavy atom. The Balaban J connectivity index is 1.80. The van der Waals surface area contributed by atoms with Gasteiger partial charge >= 0.3 is 6.09 Å². The molecule has 0 aliphatic rings. The number of hydrogen-bond donors (Lipinski definition) is 0. The molecular weight excluding hydrogens is 412 g/mol. The van der Waals surface area contributed by atoms with E-state index in [9.17, 15) is 4.79 Å². The number of rotatable bonds is 7. The lowest BCUT2D eigenvalue weighted by molar-refractivity contribution is 0.157. The molecule has 170 valence electrons. The molecule has 3 aromatic carbocycles. The van der Waals surface area contributed by atoms with Gasteiger partial charge in [-0.3, -0.25) is 0 Å². The average Bonchev–Trinajstić information content (AvgIpc) is 3.22. The van der Waals surface area contributed by atoms with Crippen molar-refractivity contribution >= 4 is 17.0 Å². The second kappa shape index (κ2) is 9.82. The molecule has 0 fully saturated rings. The Hall–Kier alpha value is -3.73. The first-order chi connectivity index (χ1) is 16.0. The first kappa shape index (κ1) is 22.5. The van der Waals surface area contributed by atoms with E-state index in [4.69, 9.17) is 9.47 Å². The Bertz CT molecular complexity index is 1250. The van der Waals surface area contributed by atoms with E-state index in [1.807, 2.05) is 50.2 Å². The summed E-state index contributed by atoms with van der Waals surface area (Å²) in [4.78, 5) is 14.4. The van der Waals surface area contributed by atoms with Crippen molar-refractivity contribution in [3.05, 3.63) is 84.1 Å². The lowest BCUT2D eigenvalue weighted by Crippen LogP contribution is -2.33. The van der Waals surface area contributed by atoms with Gasteiger partial charge in [0.15, 0.2) is 0 Å². The highest BCUT2D eigenvalue weighted by Gasteiger charge is 2.19. The van der Waals surface area contributed by atoms with Gasteiger partial charge in [0.2, 0.25) is 0 Å². The molecule has 0 atom stereocenters. The van der Waals surface area contributed by atoms with Crippen LogP contribution in [0.2, 0.25) is 0 Å². The number of fused-ring (bicyclic) bond motifs is 1. The number of carbonyl (C=O) groups is 1. The minimum atomic E-state index is -0.340. The van der Waals surface area contributed by atoms with Gasteiger partial charge in [-0.05, 0) is 62.2 Å². The Morgan fingerprint density at radius 1 is 0.970 bits per heavy atom. The molecule has 0 N–H and O–H groups in total. The topological polar surface area (TPSA) is 43.7 Å². The molecule has 0 bridgehead atoms. The van der Waals surface area contributed by atoms with Crippen molar-refractivity contribution in [3.63, 3.8) is 0 Å². The van der Waals surface area contributed by atoms with Crippen LogP contribution in [0.4, 0.5) is 4.79 Å². The Labute approximate surface area is 195 Å². The summed E-state index contributed by atoms with van der Waals surface area (Å²) >= 11 is 0. The van der Waals surface area contributed by atoms with Crippen LogP contribution in [-0.4, -0.2) is 35.8 Å². The lowest BCUT2D eigenvalue weighted by Gasteiger charge is -2.20. The summed E-state index contributed by atoms with van der Waals surface area (Å²) in [7, 11) is 1.65. The minimum Gasteiger partial charge on any atom is -0.497 e. The van der Waals surface area contributed by atoms with Crippen LogP contribution >= 0.6 is 0 Å². The number of methoxy groups -OCH3 is 1. The second-order valence-electron chi connectivity index (χ2n) is 8.07. The highest BCUT2D eigenvalue weighted by atomic mass is 16.6. The first-order valence-corrected chi connectivity index (χ1v) is 11.3. The highest BCUT2D eigenvalue weighted by molar-refractivity contribution is 5.99. The van der Waals surface area contributed by atoms with E-state index >= 15 is 0 Å². The molecule has 0 unspecified atom stereocenters. The smallest absolute Gasteiger partial charge is 0.415 e. The fourth-order valence-corrected chi connectivity index (χ4v) is 4.18. The van der Waals surface area contributed by atoms with E-state index in [0.29, 0.717) is 18.8 Å². The van der Waals surface area contributed by atoms with E-state index in [1.54, 1.807) is 12.0 Å². The van der Waals surface area contributed by atoms with Crippen LogP contribution in [0.3, 0.4) is 0 Å². The summed E-state index contributed by atoms with van der Waals surface area (Å²) < 4.78 is 13.5. The fraction of sp³-hybridized carbons (Fsp3) is 0.250. The maximum Gasteiger partial charge on any atom is 0.415 e. The molecule has 33 heavy (non-hydrogen) atoms.